The molecule has 0 radical (unpaired) electrons. The molecule has 0 saturated carbocycles. The first kappa shape index (κ1) is 19.5. The predicted molar refractivity (Wildman–Crippen MR) is 95.8 cm³/mol. The van der Waals surface area contributed by atoms with Gasteiger partial charge in [-0.3, -0.25) is 0 Å². The zero-order valence-electron chi connectivity index (χ0n) is 15.9. The summed E-state index contributed by atoms with van der Waals surface area (Å²) < 4.78 is 5.31. The van der Waals surface area contributed by atoms with E-state index in [4.69, 9.17) is 4.74 Å². The van der Waals surface area contributed by atoms with E-state index in [9.17, 15) is 4.79 Å². The number of amides is 1. The van der Waals surface area contributed by atoms with Crippen LogP contribution in [0.4, 0.5) is 4.79 Å². The van der Waals surface area contributed by atoms with Crippen LogP contribution in [0.3, 0.4) is 0 Å². The Morgan fingerprint density at radius 2 is 1.57 bits per heavy atom. The van der Waals surface area contributed by atoms with Gasteiger partial charge in [-0.2, -0.15) is 0 Å². The summed E-state index contributed by atoms with van der Waals surface area (Å²) in [5, 5.41) is 6.35. The average Bonchev–Trinajstić information content (AvgIpc) is 2.28. The van der Waals surface area contributed by atoms with E-state index in [2.05, 4.69) is 43.5 Å². The molecule has 0 aliphatic carbocycles. The van der Waals surface area contributed by atoms with Gasteiger partial charge in [0, 0.05) is 13.1 Å². The molecule has 23 heavy (non-hydrogen) atoms. The van der Waals surface area contributed by atoms with Gasteiger partial charge in [-0.25, -0.2) is 4.79 Å². The first-order chi connectivity index (χ1) is 10.4. The Kier molecular flexibility index (Phi) is 6.23. The lowest BCUT2D eigenvalue weighted by Gasteiger charge is -2.29. The molecule has 0 aromatic heterocycles. The molecule has 0 unspecified atom stereocenters. The quantitative estimate of drug-likeness (QED) is 0.862. The minimum atomic E-state index is -0.482. The number of hydrogen-bond acceptors (Lipinski definition) is 3. The van der Waals surface area contributed by atoms with Gasteiger partial charge in [-0.15, -0.1) is 0 Å². The zero-order chi connectivity index (χ0) is 17.8. The fourth-order valence-electron chi connectivity index (χ4n) is 2.61. The van der Waals surface area contributed by atoms with Crippen LogP contribution in [0, 0.1) is 20.8 Å². The van der Waals surface area contributed by atoms with Crippen LogP contribution in [-0.2, 0) is 11.3 Å². The Bertz CT molecular complexity index is 534. The van der Waals surface area contributed by atoms with Crippen LogP contribution in [0.2, 0.25) is 0 Å². The first-order valence-electron chi connectivity index (χ1n) is 8.18. The molecule has 0 fully saturated rings. The normalized spacial score (nSPS) is 12.2. The number of hydrogen-bond donors (Lipinski definition) is 2. The average molecular weight is 320 g/mol. The van der Waals surface area contributed by atoms with Crippen LogP contribution in [0.5, 0.6) is 0 Å². The minimum absolute atomic E-state index is 0.380. The number of rotatable bonds is 5. The van der Waals surface area contributed by atoms with Crippen molar-refractivity contribution in [3.8, 4) is 0 Å². The molecule has 0 saturated heterocycles. The smallest absolute Gasteiger partial charge is 0.408 e. The van der Waals surface area contributed by atoms with Gasteiger partial charge in [0.05, 0.1) is 5.54 Å². The highest BCUT2D eigenvalue weighted by Crippen LogP contribution is 2.16. The van der Waals surface area contributed by atoms with Gasteiger partial charge in [0.25, 0.3) is 0 Å². The van der Waals surface area contributed by atoms with Crippen LogP contribution >= 0.6 is 0 Å². The van der Waals surface area contributed by atoms with E-state index < -0.39 is 5.60 Å². The van der Waals surface area contributed by atoms with E-state index in [-0.39, 0.29) is 11.6 Å². The maximum absolute atomic E-state index is 11.9. The second kappa shape index (κ2) is 7.35. The number of alkyl carbamates (subject to hydrolysis) is 1. The Labute approximate surface area is 141 Å². The maximum Gasteiger partial charge on any atom is 0.408 e. The van der Waals surface area contributed by atoms with Gasteiger partial charge in [0.15, 0.2) is 0 Å². The van der Waals surface area contributed by atoms with Gasteiger partial charge >= 0.3 is 6.09 Å². The lowest BCUT2D eigenvalue weighted by Crippen LogP contribution is -2.51. The third-order valence-electron chi connectivity index (χ3n) is 3.55. The molecule has 0 bridgehead atoms. The van der Waals surface area contributed by atoms with E-state index in [0.29, 0.717) is 6.54 Å². The molecule has 1 aromatic rings. The van der Waals surface area contributed by atoms with Crippen molar-refractivity contribution in [3.63, 3.8) is 0 Å². The van der Waals surface area contributed by atoms with E-state index in [1.165, 1.54) is 22.3 Å². The molecule has 1 amide bonds. The highest BCUT2D eigenvalue weighted by Gasteiger charge is 2.24. The van der Waals surface area contributed by atoms with Crippen LogP contribution in [0.15, 0.2) is 12.1 Å². The summed E-state index contributed by atoms with van der Waals surface area (Å²) in [6.07, 6.45) is -0.382. The lowest BCUT2D eigenvalue weighted by atomic mass is 9.99. The van der Waals surface area contributed by atoms with Crippen molar-refractivity contribution >= 4 is 6.09 Å². The van der Waals surface area contributed by atoms with Gasteiger partial charge in [-0.1, -0.05) is 17.7 Å². The van der Waals surface area contributed by atoms with E-state index in [0.717, 1.165) is 6.54 Å². The van der Waals surface area contributed by atoms with Gasteiger partial charge in [0.1, 0.15) is 5.60 Å². The van der Waals surface area contributed by atoms with Crippen molar-refractivity contribution in [3.05, 3.63) is 34.4 Å². The van der Waals surface area contributed by atoms with E-state index >= 15 is 0 Å². The second-order valence-corrected chi connectivity index (χ2v) is 7.99. The van der Waals surface area contributed by atoms with Crippen LogP contribution in [0.25, 0.3) is 0 Å². The van der Waals surface area contributed by atoms with E-state index in [1.807, 2.05) is 34.6 Å². The molecular formula is C19H32N2O2. The Morgan fingerprint density at radius 3 is 2.04 bits per heavy atom. The number of aryl methyl sites for hydroxylation is 3. The number of nitrogens with one attached hydrogen (secondary N) is 2. The Balaban J connectivity index is 2.56. The molecule has 4 heteroatoms. The minimum Gasteiger partial charge on any atom is -0.444 e. The van der Waals surface area contributed by atoms with Crippen molar-refractivity contribution in [2.45, 2.75) is 73.1 Å². The lowest BCUT2D eigenvalue weighted by molar-refractivity contribution is 0.0472. The Morgan fingerprint density at radius 1 is 1.04 bits per heavy atom. The summed E-state index contributed by atoms with van der Waals surface area (Å²) in [4.78, 5) is 11.9. The molecule has 0 heterocycles. The maximum atomic E-state index is 11.9. The zero-order valence-corrected chi connectivity index (χ0v) is 15.9. The topological polar surface area (TPSA) is 50.4 Å². The highest BCUT2D eigenvalue weighted by molar-refractivity contribution is 5.68. The molecular weight excluding hydrogens is 288 g/mol. The number of carbonyl (C=O) groups excluding carboxylic acids is 1. The fourth-order valence-corrected chi connectivity index (χ4v) is 2.61. The summed E-state index contributed by atoms with van der Waals surface area (Å²) >= 11 is 0. The van der Waals surface area contributed by atoms with Crippen molar-refractivity contribution in [1.82, 2.24) is 10.6 Å². The van der Waals surface area contributed by atoms with E-state index in [1.54, 1.807) is 0 Å². The SMILES string of the molecule is Cc1cc(C)c(CNCC(C)(C)NC(=O)OC(C)(C)C)c(C)c1. The molecule has 130 valence electrons. The number of benzene rings is 1. The highest BCUT2D eigenvalue weighted by atomic mass is 16.6. The van der Waals surface area contributed by atoms with Crippen LogP contribution in [-0.4, -0.2) is 23.8 Å². The Hall–Kier alpha value is -1.55. The molecule has 0 spiro atoms. The number of carbonyl (C=O) groups is 1. The first-order valence-corrected chi connectivity index (χ1v) is 8.18. The van der Waals surface area contributed by atoms with Crippen molar-refractivity contribution in [2.75, 3.05) is 6.54 Å². The summed E-state index contributed by atoms with van der Waals surface area (Å²) in [7, 11) is 0. The molecule has 0 aliphatic rings. The predicted octanol–water partition coefficient (Wildman–Crippen LogP) is 4.00. The van der Waals surface area contributed by atoms with Crippen molar-refractivity contribution < 1.29 is 9.53 Å². The van der Waals surface area contributed by atoms with Gasteiger partial charge in [0.2, 0.25) is 0 Å². The van der Waals surface area contributed by atoms with Gasteiger partial charge in [-0.05, 0) is 72.1 Å². The van der Waals surface area contributed by atoms with Crippen molar-refractivity contribution in [2.24, 2.45) is 0 Å². The third kappa shape index (κ3) is 7.04. The van der Waals surface area contributed by atoms with Crippen molar-refractivity contribution in [1.29, 1.82) is 0 Å². The van der Waals surface area contributed by atoms with Crippen LogP contribution < -0.4 is 10.6 Å². The largest absolute Gasteiger partial charge is 0.444 e. The molecule has 4 nitrogen and oxygen atoms in total. The molecule has 2 N–H and O–H groups in total. The fraction of sp³-hybridized carbons (Fsp3) is 0.632. The monoisotopic (exact) mass is 320 g/mol. The van der Waals surface area contributed by atoms with Gasteiger partial charge < -0.3 is 15.4 Å². The summed E-state index contributed by atoms with van der Waals surface area (Å²) in [6.45, 7) is 17.4. The molecule has 1 aromatic carbocycles. The summed E-state index contributed by atoms with van der Waals surface area (Å²) in [5.41, 5.74) is 4.35. The standard InChI is InChI=1S/C19H32N2O2/c1-13-9-14(2)16(15(3)10-13)11-20-12-19(7,8)21-17(22)23-18(4,5)6/h9-10,20H,11-12H2,1-8H3,(H,21,22). The molecule has 0 aliphatic heterocycles. The summed E-state index contributed by atoms with van der Waals surface area (Å²) in [6, 6.07) is 4.40. The third-order valence-corrected chi connectivity index (χ3v) is 3.55. The second-order valence-electron chi connectivity index (χ2n) is 7.99. The molecule has 1 rings (SSSR count). The van der Waals surface area contributed by atoms with Crippen LogP contribution in [0.1, 0.15) is 56.9 Å². The summed E-state index contributed by atoms with van der Waals surface area (Å²) in [5.74, 6) is 0. The number of ether oxygens (including phenoxy) is 1. The molecule has 0 atom stereocenters.